The number of benzene rings is 1. The molecule has 11 nitrogen and oxygen atoms in total. The fourth-order valence-electron chi connectivity index (χ4n) is 8.76. The minimum absolute atomic E-state index is 0.0950. The summed E-state index contributed by atoms with van der Waals surface area (Å²) in [5.41, 5.74) is 3.31. The summed E-state index contributed by atoms with van der Waals surface area (Å²) in [6.07, 6.45) is 11.2. The van der Waals surface area contributed by atoms with Crippen LogP contribution in [0.1, 0.15) is 84.2 Å². The number of imidazole rings is 1. The average molecular weight is 704 g/mol. The van der Waals surface area contributed by atoms with Gasteiger partial charge in [-0.15, -0.1) is 0 Å². The topological polar surface area (TPSA) is 104 Å². The Morgan fingerprint density at radius 3 is 2.50 bits per heavy atom. The number of likely N-dealkylation sites (tertiary alicyclic amines) is 2. The summed E-state index contributed by atoms with van der Waals surface area (Å²) in [6, 6.07) is 10.4. The molecule has 2 saturated heterocycles. The first kappa shape index (κ1) is 34.2. The summed E-state index contributed by atoms with van der Waals surface area (Å²) in [6.45, 7) is 18.1. The molecule has 12 heteroatoms. The van der Waals surface area contributed by atoms with Crippen molar-refractivity contribution in [3.8, 4) is 11.3 Å². The monoisotopic (exact) mass is 703 g/mol. The molecule has 1 N–H and O–H groups in total. The molecular formula is C40H46FN9O2. The molecule has 1 saturated carbocycles. The molecule has 0 radical (unpaired) electrons. The summed E-state index contributed by atoms with van der Waals surface area (Å²) in [7, 11) is 0. The van der Waals surface area contributed by atoms with E-state index in [4.69, 9.17) is 16.5 Å². The minimum Gasteiger partial charge on any atom is -0.336 e. The van der Waals surface area contributed by atoms with E-state index in [9.17, 15) is 14.0 Å². The number of carbonyl (C=O) groups is 2. The molecule has 4 aromatic rings. The van der Waals surface area contributed by atoms with Crippen LogP contribution >= 0.6 is 0 Å². The standard InChI is InChI=1S/C40H46FN9O2/c1-25(2)49-24-44-33-22-32(46-36(35(33)49)45-31-11-14-43-23-30(31)41)26-9-10-29-34(19-26)50(28-20-27(21-28)47-15-7-6-8-16-47)38(52)40(29)12-17-48(18-13-40)37(51)39(3,4)42-5/h9-11,14,19,22-25,27-28H,6-8,12-13,15-18,20-21H2,1-4H3,(H,43,45,46). The number of nitrogens with one attached hydrogen (secondary N) is 1. The predicted molar refractivity (Wildman–Crippen MR) is 199 cm³/mol. The molecule has 8 rings (SSSR count). The van der Waals surface area contributed by atoms with E-state index in [1.165, 1.54) is 31.7 Å². The normalized spacial score (nSPS) is 21.8. The number of pyridine rings is 2. The maximum atomic E-state index is 14.8. The van der Waals surface area contributed by atoms with Gasteiger partial charge in [-0.25, -0.2) is 20.9 Å². The van der Waals surface area contributed by atoms with Gasteiger partial charge in [-0.3, -0.25) is 14.6 Å². The van der Waals surface area contributed by atoms with Crippen molar-refractivity contribution in [1.82, 2.24) is 29.3 Å². The fraction of sp³-hybridized carbons (Fsp3) is 0.500. The Balaban J connectivity index is 1.18. The molecule has 270 valence electrons. The van der Waals surface area contributed by atoms with Crippen molar-refractivity contribution in [1.29, 1.82) is 0 Å². The van der Waals surface area contributed by atoms with Crippen LogP contribution in [0.15, 0.2) is 49.1 Å². The van der Waals surface area contributed by atoms with Gasteiger partial charge in [0.25, 0.3) is 0 Å². The predicted octanol–water partition coefficient (Wildman–Crippen LogP) is 6.88. The Labute approximate surface area is 304 Å². The number of piperidine rings is 2. The number of hydrogen-bond donors (Lipinski definition) is 1. The van der Waals surface area contributed by atoms with Crippen molar-refractivity contribution >= 4 is 40.0 Å². The second-order valence-electron chi connectivity index (χ2n) is 15.8. The van der Waals surface area contributed by atoms with Gasteiger partial charge in [-0.05, 0) is 89.2 Å². The number of rotatable bonds is 7. The third-order valence-corrected chi connectivity index (χ3v) is 11.9. The largest absolute Gasteiger partial charge is 0.336 e. The van der Waals surface area contributed by atoms with Gasteiger partial charge in [0.1, 0.15) is 5.52 Å². The van der Waals surface area contributed by atoms with Crippen molar-refractivity contribution in [2.24, 2.45) is 0 Å². The SMILES string of the molecule is [C-]#[N+]C(C)(C)C(=O)N1CCC2(CC1)C(=O)N(C1CC(N3CCCCC3)C1)c1cc(-c3cc4ncn(C(C)C)c4c(Nc4ccncc4F)n3)ccc12. The minimum atomic E-state index is -1.13. The van der Waals surface area contributed by atoms with E-state index < -0.39 is 16.8 Å². The third kappa shape index (κ3) is 5.61. The van der Waals surface area contributed by atoms with E-state index in [2.05, 4.69) is 50.9 Å². The molecular weight excluding hydrogens is 657 g/mol. The zero-order chi connectivity index (χ0) is 36.4. The van der Waals surface area contributed by atoms with Gasteiger partial charge in [0, 0.05) is 62.5 Å². The van der Waals surface area contributed by atoms with Gasteiger partial charge in [0.2, 0.25) is 5.91 Å². The highest BCUT2D eigenvalue weighted by Crippen LogP contribution is 2.52. The number of fused-ring (bicyclic) bond motifs is 3. The third-order valence-electron chi connectivity index (χ3n) is 11.9. The van der Waals surface area contributed by atoms with Crippen molar-refractivity contribution in [3.05, 3.63) is 71.9 Å². The van der Waals surface area contributed by atoms with Crippen LogP contribution in [-0.4, -0.2) is 84.9 Å². The Morgan fingerprint density at radius 2 is 1.81 bits per heavy atom. The number of nitrogens with zero attached hydrogens (tertiary/aromatic N) is 8. The average Bonchev–Trinajstić information content (AvgIpc) is 3.67. The van der Waals surface area contributed by atoms with Gasteiger partial charge >= 0.3 is 11.4 Å². The van der Waals surface area contributed by atoms with Crippen molar-refractivity contribution in [3.63, 3.8) is 0 Å². The highest BCUT2D eigenvalue weighted by atomic mass is 19.1. The lowest BCUT2D eigenvalue weighted by molar-refractivity contribution is -0.138. The lowest BCUT2D eigenvalue weighted by atomic mass is 9.73. The first-order chi connectivity index (χ1) is 25.0. The molecule has 0 atom stereocenters. The molecule has 1 aromatic carbocycles. The smallest absolute Gasteiger partial charge is 0.308 e. The van der Waals surface area contributed by atoms with Gasteiger partial charge < -0.3 is 29.4 Å². The molecule has 2 amide bonds. The quantitative estimate of drug-likeness (QED) is 0.210. The molecule has 3 aliphatic heterocycles. The summed E-state index contributed by atoms with van der Waals surface area (Å²) in [5.74, 6) is -0.0652. The molecule has 1 aliphatic carbocycles. The molecule has 0 bridgehead atoms. The van der Waals surface area contributed by atoms with Crippen LogP contribution in [0.5, 0.6) is 0 Å². The molecule has 6 heterocycles. The number of halogens is 1. The van der Waals surface area contributed by atoms with Crippen molar-refractivity contribution in [2.75, 3.05) is 36.4 Å². The van der Waals surface area contributed by atoms with E-state index >= 15 is 0 Å². The van der Waals surface area contributed by atoms with Crippen LogP contribution in [0.2, 0.25) is 0 Å². The van der Waals surface area contributed by atoms with Gasteiger partial charge in [0.15, 0.2) is 11.6 Å². The van der Waals surface area contributed by atoms with Crippen LogP contribution in [0.3, 0.4) is 0 Å². The van der Waals surface area contributed by atoms with Crippen LogP contribution in [0.25, 0.3) is 27.1 Å². The van der Waals surface area contributed by atoms with Crippen molar-refractivity contribution in [2.45, 2.75) is 102 Å². The summed E-state index contributed by atoms with van der Waals surface area (Å²) in [4.78, 5) is 51.8. The first-order valence-electron chi connectivity index (χ1n) is 18.7. The van der Waals surface area contributed by atoms with Crippen LogP contribution in [-0.2, 0) is 15.0 Å². The van der Waals surface area contributed by atoms with Crippen LogP contribution in [0.4, 0.5) is 21.6 Å². The summed E-state index contributed by atoms with van der Waals surface area (Å²) >= 11 is 0. The Kier molecular flexibility index (Phi) is 8.52. The molecule has 52 heavy (non-hydrogen) atoms. The zero-order valence-corrected chi connectivity index (χ0v) is 30.4. The number of anilines is 3. The Bertz CT molecular complexity index is 2080. The lowest BCUT2D eigenvalue weighted by Crippen LogP contribution is -2.59. The van der Waals surface area contributed by atoms with Gasteiger partial charge in [0.05, 0.1) is 34.8 Å². The molecule has 3 aromatic heterocycles. The number of carbonyl (C=O) groups excluding carboxylic acids is 2. The molecule has 3 fully saturated rings. The molecule has 0 unspecified atom stereocenters. The summed E-state index contributed by atoms with van der Waals surface area (Å²) in [5, 5.41) is 3.22. The fourth-order valence-corrected chi connectivity index (χ4v) is 8.76. The second kappa shape index (κ2) is 13.0. The van der Waals surface area contributed by atoms with E-state index in [0.29, 0.717) is 43.5 Å². The second-order valence-corrected chi connectivity index (χ2v) is 15.8. The first-order valence-corrected chi connectivity index (χ1v) is 18.7. The number of aromatic nitrogens is 4. The highest BCUT2D eigenvalue weighted by molar-refractivity contribution is 6.09. The van der Waals surface area contributed by atoms with Crippen LogP contribution in [0, 0.1) is 12.4 Å². The van der Waals surface area contributed by atoms with E-state index in [-0.39, 0.29) is 29.6 Å². The zero-order valence-electron chi connectivity index (χ0n) is 30.4. The molecule has 4 aliphatic rings. The Morgan fingerprint density at radius 1 is 1.06 bits per heavy atom. The Hall–Kier alpha value is -4.89. The van der Waals surface area contributed by atoms with E-state index in [1.807, 2.05) is 16.7 Å². The van der Waals surface area contributed by atoms with Crippen molar-refractivity contribution < 1.29 is 14.0 Å². The molecule has 1 spiro atoms. The van der Waals surface area contributed by atoms with Gasteiger partial charge in [-0.1, -0.05) is 18.6 Å². The number of amides is 2. The van der Waals surface area contributed by atoms with Crippen LogP contribution < -0.4 is 10.2 Å². The van der Waals surface area contributed by atoms with E-state index in [0.717, 1.165) is 53.8 Å². The summed E-state index contributed by atoms with van der Waals surface area (Å²) < 4.78 is 16.9. The lowest BCUT2D eigenvalue weighted by Gasteiger charge is -2.48. The number of hydrogen-bond acceptors (Lipinski definition) is 7. The maximum absolute atomic E-state index is 14.8. The van der Waals surface area contributed by atoms with E-state index in [1.54, 1.807) is 31.1 Å². The highest BCUT2D eigenvalue weighted by Gasteiger charge is 2.56. The maximum Gasteiger partial charge on any atom is 0.308 e. The van der Waals surface area contributed by atoms with Gasteiger partial charge in [-0.2, -0.15) is 0 Å².